The Kier molecular flexibility index (Phi) is 4.58. The molecule has 0 aromatic carbocycles. The number of nitrogens with zero attached hydrogens (tertiary/aromatic N) is 3. The van der Waals surface area contributed by atoms with Gasteiger partial charge in [-0.1, -0.05) is 6.92 Å². The minimum Gasteiger partial charge on any atom is -0.384 e. The normalized spacial score (nSPS) is 16.6. The van der Waals surface area contributed by atoms with Crippen LogP contribution in [0.3, 0.4) is 0 Å². The van der Waals surface area contributed by atoms with E-state index in [4.69, 9.17) is 5.73 Å². The van der Waals surface area contributed by atoms with E-state index >= 15 is 0 Å². The van der Waals surface area contributed by atoms with Crippen molar-refractivity contribution in [2.75, 3.05) is 24.6 Å². The first kappa shape index (κ1) is 14.1. The molecule has 0 amide bonds. The quantitative estimate of drug-likeness (QED) is 0.786. The zero-order chi connectivity index (χ0) is 13.8. The molecule has 106 valence electrons. The van der Waals surface area contributed by atoms with Gasteiger partial charge in [-0.25, -0.2) is 9.97 Å². The smallest absolute Gasteiger partial charge is 0.133 e. The largest absolute Gasteiger partial charge is 0.384 e. The highest BCUT2D eigenvalue weighted by Crippen LogP contribution is 2.26. The Balaban J connectivity index is 1.90. The van der Waals surface area contributed by atoms with E-state index in [-0.39, 0.29) is 0 Å². The molecule has 2 rings (SSSR count). The zero-order valence-electron chi connectivity index (χ0n) is 12.2. The second-order valence-electron chi connectivity index (χ2n) is 5.47. The summed E-state index contributed by atoms with van der Waals surface area (Å²) in [5.41, 5.74) is 5.81. The number of nitrogens with two attached hydrogens (primary N) is 1. The van der Waals surface area contributed by atoms with Crippen molar-refractivity contribution in [2.24, 2.45) is 0 Å². The van der Waals surface area contributed by atoms with Gasteiger partial charge in [-0.3, -0.25) is 4.90 Å². The van der Waals surface area contributed by atoms with E-state index in [0.29, 0.717) is 11.9 Å². The highest BCUT2D eigenvalue weighted by Gasteiger charge is 2.28. The zero-order valence-corrected chi connectivity index (χ0v) is 12.2. The second kappa shape index (κ2) is 6.19. The van der Waals surface area contributed by atoms with Crippen molar-refractivity contribution >= 4 is 11.6 Å². The maximum absolute atomic E-state index is 5.81. The molecule has 3 N–H and O–H groups in total. The summed E-state index contributed by atoms with van der Waals surface area (Å²) in [4.78, 5) is 11.2. The number of likely N-dealkylation sites (N-methyl/N-ethyl adjacent to an activating group) is 1. The standard InChI is InChI=1S/C14H25N5/c1-4-5-13-17-12(15)8-14(18-13)16-9-10(2)19(3)11-6-7-11/h8,10-11H,4-7,9H2,1-3H3,(H3,15,16,17,18). The van der Waals surface area contributed by atoms with Crippen LogP contribution in [0.4, 0.5) is 11.6 Å². The van der Waals surface area contributed by atoms with Gasteiger partial charge in [0, 0.05) is 31.1 Å². The van der Waals surface area contributed by atoms with Gasteiger partial charge in [-0.2, -0.15) is 0 Å². The summed E-state index contributed by atoms with van der Waals surface area (Å²) in [7, 11) is 2.20. The highest BCUT2D eigenvalue weighted by molar-refractivity contribution is 5.44. The Morgan fingerprint density at radius 1 is 1.47 bits per heavy atom. The first-order chi connectivity index (χ1) is 9.10. The minimum absolute atomic E-state index is 0.498. The van der Waals surface area contributed by atoms with Crippen LogP contribution in [-0.4, -0.2) is 40.5 Å². The lowest BCUT2D eigenvalue weighted by atomic mass is 10.3. The van der Waals surface area contributed by atoms with Crippen LogP contribution in [0.15, 0.2) is 6.07 Å². The van der Waals surface area contributed by atoms with Crippen molar-refractivity contribution in [2.45, 2.75) is 51.6 Å². The molecule has 1 heterocycles. The van der Waals surface area contributed by atoms with Gasteiger partial charge in [0.05, 0.1) is 0 Å². The third kappa shape index (κ3) is 4.06. The number of nitrogen functional groups attached to an aromatic ring is 1. The van der Waals surface area contributed by atoms with Crippen LogP contribution in [0, 0.1) is 0 Å². The molecular formula is C14H25N5. The summed E-state index contributed by atoms with van der Waals surface area (Å²) in [6.45, 7) is 5.24. The molecule has 1 unspecified atom stereocenters. The van der Waals surface area contributed by atoms with E-state index in [1.165, 1.54) is 12.8 Å². The highest BCUT2D eigenvalue weighted by atomic mass is 15.2. The molecule has 1 aromatic rings. The topological polar surface area (TPSA) is 67.1 Å². The van der Waals surface area contributed by atoms with Crippen LogP contribution in [0.5, 0.6) is 0 Å². The van der Waals surface area contributed by atoms with Crippen molar-refractivity contribution in [1.82, 2.24) is 14.9 Å². The van der Waals surface area contributed by atoms with Crippen LogP contribution < -0.4 is 11.1 Å². The fraction of sp³-hybridized carbons (Fsp3) is 0.714. The Labute approximate surface area is 115 Å². The lowest BCUT2D eigenvalue weighted by molar-refractivity contribution is 0.257. The summed E-state index contributed by atoms with van der Waals surface area (Å²) in [6.07, 6.45) is 4.57. The molecule has 1 fully saturated rings. The van der Waals surface area contributed by atoms with Gasteiger partial charge in [0.15, 0.2) is 0 Å². The molecule has 0 radical (unpaired) electrons. The predicted octanol–water partition coefficient (Wildman–Crippen LogP) is 1.91. The Hall–Kier alpha value is -1.36. The third-order valence-corrected chi connectivity index (χ3v) is 3.66. The number of nitrogens with one attached hydrogen (secondary N) is 1. The molecule has 0 saturated heterocycles. The minimum atomic E-state index is 0.498. The van der Waals surface area contributed by atoms with E-state index < -0.39 is 0 Å². The summed E-state index contributed by atoms with van der Waals surface area (Å²) < 4.78 is 0. The van der Waals surface area contributed by atoms with Gasteiger partial charge in [0.25, 0.3) is 0 Å². The molecule has 1 saturated carbocycles. The van der Waals surface area contributed by atoms with Gasteiger partial charge in [-0.05, 0) is 33.2 Å². The van der Waals surface area contributed by atoms with Crippen molar-refractivity contribution in [1.29, 1.82) is 0 Å². The third-order valence-electron chi connectivity index (χ3n) is 3.66. The molecule has 0 bridgehead atoms. The average molecular weight is 263 g/mol. The maximum Gasteiger partial charge on any atom is 0.133 e. The molecule has 1 aliphatic rings. The molecule has 1 aliphatic carbocycles. The molecule has 0 spiro atoms. The van der Waals surface area contributed by atoms with Crippen LogP contribution in [0.25, 0.3) is 0 Å². The number of rotatable bonds is 7. The van der Waals surface area contributed by atoms with E-state index in [1.807, 2.05) is 6.07 Å². The summed E-state index contributed by atoms with van der Waals surface area (Å²) >= 11 is 0. The van der Waals surface area contributed by atoms with E-state index in [2.05, 4.69) is 41.1 Å². The Morgan fingerprint density at radius 3 is 2.84 bits per heavy atom. The molecule has 19 heavy (non-hydrogen) atoms. The Morgan fingerprint density at radius 2 is 2.21 bits per heavy atom. The molecule has 5 heteroatoms. The van der Waals surface area contributed by atoms with E-state index in [9.17, 15) is 0 Å². The lowest BCUT2D eigenvalue weighted by Crippen LogP contribution is -2.36. The molecule has 0 aliphatic heterocycles. The van der Waals surface area contributed by atoms with Crippen molar-refractivity contribution in [3.8, 4) is 0 Å². The van der Waals surface area contributed by atoms with Crippen LogP contribution >= 0.6 is 0 Å². The Bertz CT molecular complexity index is 416. The fourth-order valence-corrected chi connectivity index (χ4v) is 2.18. The van der Waals surface area contributed by atoms with E-state index in [1.54, 1.807) is 0 Å². The number of hydrogen-bond donors (Lipinski definition) is 2. The fourth-order valence-electron chi connectivity index (χ4n) is 2.18. The first-order valence-corrected chi connectivity index (χ1v) is 7.19. The van der Waals surface area contributed by atoms with Gasteiger partial charge in [0.2, 0.25) is 0 Å². The van der Waals surface area contributed by atoms with Crippen LogP contribution in [0.1, 0.15) is 38.9 Å². The van der Waals surface area contributed by atoms with Gasteiger partial charge < -0.3 is 11.1 Å². The summed E-state index contributed by atoms with van der Waals surface area (Å²) in [5.74, 6) is 2.21. The molecule has 5 nitrogen and oxygen atoms in total. The van der Waals surface area contributed by atoms with Gasteiger partial charge >= 0.3 is 0 Å². The molecular weight excluding hydrogens is 238 g/mol. The second-order valence-corrected chi connectivity index (χ2v) is 5.47. The van der Waals surface area contributed by atoms with Crippen molar-refractivity contribution in [3.63, 3.8) is 0 Å². The first-order valence-electron chi connectivity index (χ1n) is 7.19. The predicted molar refractivity (Wildman–Crippen MR) is 79.2 cm³/mol. The van der Waals surface area contributed by atoms with Crippen molar-refractivity contribution in [3.05, 3.63) is 11.9 Å². The number of anilines is 2. The summed E-state index contributed by atoms with van der Waals surface area (Å²) in [6, 6.07) is 3.09. The van der Waals surface area contributed by atoms with Gasteiger partial charge in [-0.15, -0.1) is 0 Å². The SMILES string of the molecule is CCCc1nc(N)cc(NCC(C)N(C)C2CC2)n1. The summed E-state index contributed by atoms with van der Waals surface area (Å²) in [5, 5.41) is 3.37. The number of aromatic nitrogens is 2. The monoisotopic (exact) mass is 263 g/mol. The maximum atomic E-state index is 5.81. The average Bonchev–Trinajstić information content (AvgIpc) is 3.19. The molecule has 1 aromatic heterocycles. The van der Waals surface area contributed by atoms with Crippen molar-refractivity contribution < 1.29 is 0 Å². The van der Waals surface area contributed by atoms with Crippen LogP contribution in [-0.2, 0) is 6.42 Å². The van der Waals surface area contributed by atoms with Gasteiger partial charge in [0.1, 0.15) is 17.5 Å². The lowest BCUT2D eigenvalue weighted by Gasteiger charge is -2.24. The van der Waals surface area contributed by atoms with Crippen LogP contribution in [0.2, 0.25) is 0 Å². The number of aryl methyl sites for hydroxylation is 1. The number of hydrogen-bond acceptors (Lipinski definition) is 5. The molecule has 1 atom stereocenters. The van der Waals surface area contributed by atoms with E-state index in [0.717, 1.165) is 37.1 Å².